The molecule has 0 bridgehead atoms. The van der Waals surface area contributed by atoms with Crippen molar-refractivity contribution in [3.05, 3.63) is 29.0 Å². The van der Waals surface area contributed by atoms with Crippen molar-refractivity contribution in [2.75, 3.05) is 13.1 Å². The summed E-state index contributed by atoms with van der Waals surface area (Å²) in [5.41, 5.74) is 0.453. The van der Waals surface area contributed by atoms with Crippen molar-refractivity contribution in [3.8, 4) is 0 Å². The first kappa shape index (κ1) is 12.4. The maximum absolute atomic E-state index is 12.2. The fourth-order valence-electron chi connectivity index (χ4n) is 2.35. The maximum atomic E-state index is 12.2. The smallest absolute Gasteiger partial charge is 0.272 e. The molecule has 0 spiro atoms. The van der Waals surface area contributed by atoms with Crippen molar-refractivity contribution in [2.24, 2.45) is 5.92 Å². The van der Waals surface area contributed by atoms with E-state index in [-0.39, 0.29) is 5.91 Å². The minimum absolute atomic E-state index is 0.00565. The van der Waals surface area contributed by atoms with E-state index in [1.165, 1.54) is 12.8 Å². The minimum Gasteiger partial charge on any atom is -0.337 e. The Bertz CT molecular complexity index is 408. The first-order chi connectivity index (χ1) is 8.20. The minimum atomic E-state index is 0.00565. The summed E-state index contributed by atoms with van der Waals surface area (Å²) in [6, 6.07) is 5.17. The number of aromatic nitrogens is 1. The van der Waals surface area contributed by atoms with Crippen molar-refractivity contribution in [3.63, 3.8) is 0 Å². The van der Waals surface area contributed by atoms with Gasteiger partial charge in [0, 0.05) is 13.1 Å². The van der Waals surface area contributed by atoms with Crippen LogP contribution in [0.2, 0.25) is 5.15 Å². The van der Waals surface area contributed by atoms with Gasteiger partial charge in [0.05, 0.1) is 0 Å². The molecule has 0 aromatic carbocycles. The summed E-state index contributed by atoms with van der Waals surface area (Å²) >= 11 is 5.79. The number of amides is 1. The summed E-state index contributed by atoms with van der Waals surface area (Å²) in [5.74, 6) is 0.661. The molecule has 92 valence electrons. The third kappa shape index (κ3) is 2.97. The molecule has 1 saturated heterocycles. The monoisotopic (exact) mass is 252 g/mol. The molecule has 0 radical (unpaired) electrons. The molecule has 0 aliphatic carbocycles. The molecule has 1 aromatic rings. The largest absolute Gasteiger partial charge is 0.337 e. The van der Waals surface area contributed by atoms with E-state index in [4.69, 9.17) is 11.6 Å². The van der Waals surface area contributed by atoms with Crippen LogP contribution < -0.4 is 0 Å². The van der Waals surface area contributed by atoms with Gasteiger partial charge in [0.1, 0.15) is 10.8 Å². The van der Waals surface area contributed by atoms with E-state index < -0.39 is 0 Å². The van der Waals surface area contributed by atoms with E-state index in [1.54, 1.807) is 18.2 Å². The first-order valence-electron chi connectivity index (χ1n) is 6.12. The zero-order valence-electron chi connectivity index (χ0n) is 10.0. The molecular weight excluding hydrogens is 236 g/mol. The molecule has 0 saturated carbocycles. The second kappa shape index (κ2) is 5.50. The van der Waals surface area contributed by atoms with Gasteiger partial charge in [0.2, 0.25) is 0 Å². The summed E-state index contributed by atoms with van der Waals surface area (Å²) in [5, 5.41) is 0.375. The number of hydrogen-bond acceptors (Lipinski definition) is 2. The van der Waals surface area contributed by atoms with Gasteiger partial charge in [-0.25, -0.2) is 4.98 Å². The fourth-order valence-corrected chi connectivity index (χ4v) is 2.51. The van der Waals surface area contributed by atoms with Gasteiger partial charge >= 0.3 is 0 Å². The van der Waals surface area contributed by atoms with Crippen molar-refractivity contribution < 1.29 is 4.79 Å². The van der Waals surface area contributed by atoms with Crippen LogP contribution in [0.5, 0.6) is 0 Å². The molecule has 2 rings (SSSR count). The third-order valence-corrected chi connectivity index (χ3v) is 3.41. The number of hydrogen-bond donors (Lipinski definition) is 0. The lowest BCUT2D eigenvalue weighted by atomic mass is 10.0. The van der Waals surface area contributed by atoms with Gasteiger partial charge < -0.3 is 4.90 Å². The highest BCUT2D eigenvalue weighted by atomic mass is 35.5. The predicted molar refractivity (Wildman–Crippen MR) is 68.2 cm³/mol. The van der Waals surface area contributed by atoms with Gasteiger partial charge in [0.15, 0.2) is 0 Å². The number of carbonyl (C=O) groups is 1. The number of pyridine rings is 1. The molecule has 1 aliphatic heterocycles. The molecule has 3 nitrogen and oxygen atoms in total. The maximum Gasteiger partial charge on any atom is 0.272 e. The summed E-state index contributed by atoms with van der Waals surface area (Å²) in [4.78, 5) is 18.1. The summed E-state index contributed by atoms with van der Waals surface area (Å²) in [7, 11) is 0. The Morgan fingerprint density at radius 2 is 2.41 bits per heavy atom. The Morgan fingerprint density at radius 3 is 3.12 bits per heavy atom. The predicted octanol–water partition coefficient (Wildman–Crippen LogP) is 3.00. The van der Waals surface area contributed by atoms with Crippen LogP contribution in [0.4, 0.5) is 0 Å². The zero-order valence-corrected chi connectivity index (χ0v) is 10.8. The molecule has 1 aliphatic rings. The van der Waals surface area contributed by atoms with Crippen molar-refractivity contribution >= 4 is 17.5 Å². The van der Waals surface area contributed by atoms with E-state index >= 15 is 0 Å². The highest BCUT2D eigenvalue weighted by molar-refractivity contribution is 6.29. The molecular formula is C13H17ClN2O. The van der Waals surface area contributed by atoms with Gasteiger partial charge in [-0.1, -0.05) is 31.0 Å². The summed E-state index contributed by atoms with van der Waals surface area (Å²) in [6.07, 6.45) is 3.50. The molecule has 1 unspecified atom stereocenters. The Hall–Kier alpha value is -1.09. The molecule has 4 heteroatoms. The van der Waals surface area contributed by atoms with Gasteiger partial charge in [-0.05, 0) is 30.9 Å². The highest BCUT2D eigenvalue weighted by Crippen LogP contribution is 2.22. The normalized spacial score (nSPS) is 19.6. The van der Waals surface area contributed by atoms with E-state index in [2.05, 4.69) is 11.9 Å². The number of rotatable bonds is 3. The van der Waals surface area contributed by atoms with Gasteiger partial charge in [0.25, 0.3) is 5.91 Å². The van der Waals surface area contributed by atoms with E-state index in [1.807, 2.05) is 4.90 Å². The first-order valence-corrected chi connectivity index (χ1v) is 6.50. The van der Waals surface area contributed by atoms with Crippen molar-refractivity contribution in [2.45, 2.75) is 26.2 Å². The molecule has 1 atom stereocenters. The molecule has 2 heterocycles. The Labute approximate surface area is 107 Å². The topological polar surface area (TPSA) is 33.2 Å². The summed E-state index contributed by atoms with van der Waals surface area (Å²) in [6.45, 7) is 3.89. The Morgan fingerprint density at radius 1 is 1.59 bits per heavy atom. The van der Waals surface area contributed by atoms with Crippen LogP contribution in [0.3, 0.4) is 0 Å². The summed E-state index contributed by atoms with van der Waals surface area (Å²) < 4.78 is 0. The molecule has 0 N–H and O–H groups in total. The Kier molecular flexibility index (Phi) is 4.00. The lowest BCUT2D eigenvalue weighted by molar-refractivity contribution is 0.0780. The van der Waals surface area contributed by atoms with Crippen LogP contribution in [0.25, 0.3) is 0 Å². The lowest BCUT2D eigenvalue weighted by Crippen LogP contribution is -2.29. The fraction of sp³-hybridized carbons (Fsp3) is 0.538. The van der Waals surface area contributed by atoms with E-state index in [9.17, 15) is 4.79 Å². The lowest BCUT2D eigenvalue weighted by Gasteiger charge is -2.15. The quantitative estimate of drug-likeness (QED) is 0.775. The van der Waals surface area contributed by atoms with Gasteiger partial charge in [-0.15, -0.1) is 0 Å². The van der Waals surface area contributed by atoms with Crippen LogP contribution in [-0.4, -0.2) is 28.9 Å². The number of nitrogens with zero attached hydrogens (tertiary/aromatic N) is 2. The van der Waals surface area contributed by atoms with Crippen LogP contribution in [0, 0.1) is 5.92 Å². The molecule has 17 heavy (non-hydrogen) atoms. The average Bonchev–Trinajstić information content (AvgIpc) is 2.77. The number of likely N-dealkylation sites (tertiary alicyclic amines) is 1. The zero-order chi connectivity index (χ0) is 12.3. The van der Waals surface area contributed by atoms with Gasteiger partial charge in [-0.2, -0.15) is 0 Å². The van der Waals surface area contributed by atoms with Crippen LogP contribution in [0.15, 0.2) is 18.2 Å². The van der Waals surface area contributed by atoms with Crippen molar-refractivity contribution in [1.29, 1.82) is 0 Å². The SMILES string of the molecule is CCCC1CCN(C(=O)c2cccc(Cl)n2)C1. The highest BCUT2D eigenvalue weighted by Gasteiger charge is 2.26. The number of halogens is 1. The standard InChI is InChI=1S/C13H17ClN2O/c1-2-4-10-7-8-16(9-10)13(17)11-5-3-6-12(14)15-11/h3,5-6,10H,2,4,7-9H2,1H3. The number of carbonyl (C=O) groups excluding carboxylic acids is 1. The van der Waals surface area contributed by atoms with Crippen LogP contribution in [0.1, 0.15) is 36.7 Å². The van der Waals surface area contributed by atoms with Crippen molar-refractivity contribution in [1.82, 2.24) is 9.88 Å². The van der Waals surface area contributed by atoms with Gasteiger partial charge in [-0.3, -0.25) is 4.79 Å². The molecule has 1 aromatic heterocycles. The van der Waals surface area contributed by atoms with E-state index in [0.29, 0.717) is 16.8 Å². The molecule has 1 amide bonds. The second-order valence-corrected chi connectivity index (χ2v) is 4.93. The van der Waals surface area contributed by atoms with Crippen LogP contribution >= 0.6 is 11.6 Å². The molecule has 1 fully saturated rings. The average molecular weight is 253 g/mol. The third-order valence-electron chi connectivity index (χ3n) is 3.20. The van der Waals surface area contributed by atoms with Crippen LogP contribution in [-0.2, 0) is 0 Å². The Balaban J connectivity index is 2.02. The second-order valence-electron chi connectivity index (χ2n) is 4.54. The van der Waals surface area contributed by atoms with E-state index in [0.717, 1.165) is 19.5 Å².